The molecule has 108 valence electrons. The van der Waals surface area contributed by atoms with E-state index in [-0.39, 0.29) is 5.75 Å². The maximum Gasteiger partial charge on any atom is 0.233 e. The number of sulfonamides is 1. The zero-order valence-corrected chi connectivity index (χ0v) is 12.3. The van der Waals surface area contributed by atoms with Gasteiger partial charge in [-0.15, -0.1) is 0 Å². The van der Waals surface area contributed by atoms with Crippen LogP contribution in [0.15, 0.2) is 42.6 Å². The van der Waals surface area contributed by atoms with Crippen LogP contribution in [-0.2, 0) is 16.6 Å². The van der Waals surface area contributed by atoms with E-state index in [1.807, 2.05) is 37.3 Å². The molecule has 2 aromatic rings. The lowest BCUT2D eigenvalue weighted by atomic mass is 10.2. The SMILES string of the molecule is CCCCS(=O)(=O)Nc1ccn(Cc2ccccc2)n1. The molecule has 1 N–H and O–H groups in total. The first-order valence-electron chi connectivity index (χ1n) is 6.67. The van der Waals surface area contributed by atoms with E-state index in [9.17, 15) is 8.42 Å². The highest BCUT2D eigenvalue weighted by Crippen LogP contribution is 2.09. The second-order valence-corrected chi connectivity index (χ2v) is 6.50. The molecule has 0 bridgehead atoms. The van der Waals surface area contributed by atoms with Crippen LogP contribution in [0, 0.1) is 0 Å². The highest BCUT2D eigenvalue weighted by atomic mass is 32.2. The fraction of sp³-hybridized carbons (Fsp3) is 0.357. The van der Waals surface area contributed by atoms with Crippen LogP contribution in [-0.4, -0.2) is 24.0 Å². The van der Waals surface area contributed by atoms with Crippen LogP contribution in [0.3, 0.4) is 0 Å². The van der Waals surface area contributed by atoms with Crippen LogP contribution >= 0.6 is 0 Å². The van der Waals surface area contributed by atoms with Crippen molar-refractivity contribution < 1.29 is 8.42 Å². The van der Waals surface area contributed by atoms with Crippen molar-refractivity contribution in [2.75, 3.05) is 10.5 Å². The molecule has 0 aliphatic rings. The molecule has 0 unspecified atom stereocenters. The van der Waals surface area contributed by atoms with Crippen LogP contribution in [0.2, 0.25) is 0 Å². The van der Waals surface area contributed by atoms with Crippen molar-refractivity contribution in [3.8, 4) is 0 Å². The fourth-order valence-electron chi connectivity index (χ4n) is 1.82. The molecular formula is C14H19N3O2S. The van der Waals surface area contributed by atoms with E-state index >= 15 is 0 Å². The van der Waals surface area contributed by atoms with Gasteiger partial charge in [-0.1, -0.05) is 43.7 Å². The van der Waals surface area contributed by atoms with Gasteiger partial charge in [0.05, 0.1) is 12.3 Å². The van der Waals surface area contributed by atoms with E-state index in [0.717, 1.165) is 12.0 Å². The molecule has 0 fully saturated rings. The summed E-state index contributed by atoms with van der Waals surface area (Å²) in [5.41, 5.74) is 1.12. The Morgan fingerprint density at radius 3 is 2.65 bits per heavy atom. The second kappa shape index (κ2) is 6.56. The minimum Gasteiger partial charge on any atom is -0.266 e. The second-order valence-electron chi connectivity index (χ2n) is 4.66. The van der Waals surface area contributed by atoms with Crippen molar-refractivity contribution in [3.05, 3.63) is 48.2 Å². The van der Waals surface area contributed by atoms with E-state index < -0.39 is 10.0 Å². The van der Waals surface area contributed by atoms with E-state index in [1.165, 1.54) is 0 Å². The third kappa shape index (κ3) is 4.38. The van der Waals surface area contributed by atoms with Gasteiger partial charge >= 0.3 is 0 Å². The van der Waals surface area contributed by atoms with E-state index in [4.69, 9.17) is 0 Å². The predicted octanol–water partition coefficient (Wildman–Crippen LogP) is 2.47. The molecule has 0 aliphatic carbocycles. The van der Waals surface area contributed by atoms with Gasteiger partial charge in [-0.2, -0.15) is 5.10 Å². The number of benzene rings is 1. The smallest absolute Gasteiger partial charge is 0.233 e. The number of rotatable bonds is 7. The van der Waals surface area contributed by atoms with Crippen molar-refractivity contribution in [1.29, 1.82) is 0 Å². The van der Waals surface area contributed by atoms with Gasteiger partial charge in [0, 0.05) is 12.3 Å². The van der Waals surface area contributed by atoms with Gasteiger partial charge < -0.3 is 0 Å². The third-order valence-electron chi connectivity index (χ3n) is 2.85. The maximum atomic E-state index is 11.8. The van der Waals surface area contributed by atoms with Crippen molar-refractivity contribution in [1.82, 2.24) is 9.78 Å². The summed E-state index contributed by atoms with van der Waals surface area (Å²) >= 11 is 0. The van der Waals surface area contributed by atoms with Gasteiger partial charge in [0.1, 0.15) is 0 Å². The zero-order valence-electron chi connectivity index (χ0n) is 11.5. The Labute approximate surface area is 119 Å². The Kier molecular flexibility index (Phi) is 4.79. The van der Waals surface area contributed by atoms with Crippen LogP contribution < -0.4 is 4.72 Å². The average Bonchev–Trinajstić information content (AvgIpc) is 2.84. The minimum atomic E-state index is -3.28. The number of anilines is 1. The van der Waals surface area contributed by atoms with Gasteiger partial charge in [-0.25, -0.2) is 8.42 Å². The normalized spacial score (nSPS) is 11.4. The molecule has 0 amide bonds. The fourth-order valence-corrected chi connectivity index (χ4v) is 3.02. The lowest BCUT2D eigenvalue weighted by Crippen LogP contribution is -2.17. The molecule has 0 saturated carbocycles. The number of hydrogen-bond acceptors (Lipinski definition) is 3. The van der Waals surface area contributed by atoms with Crippen LogP contribution in [0.4, 0.5) is 5.82 Å². The molecule has 0 saturated heterocycles. The standard InChI is InChI=1S/C14H19N3O2S/c1-2-3-11-20(18,19)16-14-9-10-17(15-14)12-13-7-5-4-6-8-13/h4-10H,2-3,11-12H2,1H3,(H,15,16). The Bertz CT molecular complexity index is 635. The van der Waals surface area contributed by atoms with E-state index in [0.29, 0.717) is 18.8 Å². The molecule has 1 aromatic heterocycles. The number of nitrogens with one attached hydrogen (secondary N) is 1. The zero-order chi connectivity index (χ0) is 14.4. The van der Waals surface area contributed by atoms with Gasteiger partial charge in [0.25, 0.3) is 0 Å². The van der Waals surface area contributed by atoms with Gasteiger partial charge in [-0.3, -0.25) is 9.40 Å². The molecule has 0 aliphatic heterocycles. The first-order chi connectivity index (χ1) is 9.59. The van der Waals surface area contributed by atoms with E-state index in [2.05, 4.69) is 9.82 Å². The summed E-state index contributed by atoms with van der Waals surface area (Å²) in [7, 11) is -3.28. The molecule has 20 heavy (non-hydrogen) atoms. The number of unbranched alkanes of at least 4 members (excludes halogenated alkanes) is 1. The average molecular weight is 293 g/mol. The summed E-state index contributed by atoms with van der Waals surface area (Å²) in [6.45, 7) is 2.58. The van der Waals surface area contributed by atoms with Crippen molar-refractivity contribution in [2.45, 2.75) is 26.3 Å². The minimum absolute atomic E-state index is 0.134. The Morgan fingerprint density at radius 1 is 1.20 bits per heavy atom. The molecule has 0 radical (unpaired) electrons. The molecule has 2 rings (SSSR count). The molecule has 1 heterocycles. The summed E-state index contributed by atoms with van der Waals surface area (Å²) in [4.78, 5) is 0. The predicted molar refractivity (Wildman–Crippen MR) is 80.1 cm³/mol. The molecule has 5 nitrogen and oxygen atoms in total. The lowest BCUT2D eigenvalue weighted by Gasteiger charge is -2.04. The Balaban J connectivity index is 1.99. The first-order valence-corrected chi connectivity index (χ1v) is 8.32. The molecule has 6 heteroatoms. The summed E-state index contributed by atoms with van der Waals surface area (Å²) in [5, 5.41) is 4.23. The highest BCUT2D eigenvalue weighted by molar-refractivity contribution is 7.92. The summed E-state index contributed by atoms with van der Waals surface area (Å²) in [6, 6.07) is 11.6. The monoisotopic (exact) mass is 293 g/mol. The van der Waals surface area contributed by atoms with Crippen LogP contribution in [0.25, 0.3) is 0 Å². The van der Waals surface area contributed by atoms with Gasteiger partial charge in [0.15, 0.2) is 5.82 Å². The number of aromatic nitrogens is 2. The quantitative estimate of drug-likeness (QED) is 0.853. The molecule has 0 atom stereocenters. The molecular weight excluding hydrogens is 274 g/mol. The van der Waals surface area contributed by atoms with Crippen LogP contribution in [0.1, 0.15) is 25.3 Å². The lowest BCUT2D eigenvalue weighted by molar-refractivity contribution is 0.597. The topological polar surface area (TPSA) is 64.0 Å². The Morgan fingerprint density at radius 2 is 1.95 bits per heavy atom. The van der Waals surface area contributed by atoms with Gasteiger partial charge in [0.2, 0.25) is 10.0 Å². The first kappa shape index (κ1) is 14.6. The van der Waals surface area contributed by atoms with E-state index in [1.54, 1.807) is 16.9 Å². The summed E-state index contributed by atoms with van der Waals surface area (Å²) in [5.74, 6) is 0.506. The van der Waals surface area contributed by atoms with Crippen molar-refractivity contribution >= 4 is 15.8 Å². The number of hydrogen-bond donors (Lipinski definition) is 1. The van der Waals surface area contributed by atoms with Crippen LogP contribution in [0.5, 0.6) is 0 Å². The molecule has 1 aromatic carbocycles. The summed E-state index contributed by atoms with van der Waals surface area (Å²) < 4.78 is 27.7. The number of nitrogens with zero attached hydrogens (tertiary/aromatic N) is 2. The third-order valence-corrected chi connectivity index (χ3v) is 4.20. The van der Waals surface area contributed by atoms with Gasteiger partial charge in [-0.05, 0) is 12.0 Å². The Hall–Kier alpha value is -1.82. The maximum absolute atomic E-state index is 11.8. The molecule has 0 spiro atoms. The van der Waals surface area contributed by atoms with Crippen molar-refractivity contribution in [3.63, 3.8) is 0 Å². The van der Waals surface area contributed by atoms with Crippen molar-refractivity contribution in [2.24, 2.45) is 0 Å². The highest BCUT2D eigenvalue weighted by Gasteiger charge is 2.11. The summed E-state index contributed by atoms with van der Waals surface area (Å²) in [6.07, 6.45) is 3.27. The largest absolute Gasteiger partial charge is 0.266 e.